The maximum atomic E-state index is 6.10. The molecule has 0 bridgehead atoms. The molecule has 0 amide bonds. The van der Waals surface area contributed by atoms with Crippen molar-refractivity contribution in [3.63, 3.8) is 0 Å². The minimum atomic E-state index is 0.715. The summed E-state index contributed by atoms with van der Waals surface area (Å²) in [6, 6.07) is 3.95. The van der Waals surface area contributed by atoms with Crippen LogP contribution in [-0.2, 0) is 6.54 Å². The van der Waals surface area contributed by atoms with Crippen LogP contribution in [0, 0.1) is 0 Å². The molecule has 0 aliphatic rings. The van der Waals surface area contributed by atoms with Gasteiger partial charge < -0.3 is 5.32 Å². The number of nitrogens with zero attached hydrogens (tertiary/aromatic N) is 2. The Hall–Kier alpha value is -0.740. The predicted molar refractivity (Wildman–Crippen MR) is 72.3 cm³/mol. The average Bonchev–Trinajstić information content (AvgIpc) is 2.58. The van der Waals surface area contributed by atoms with Crippen LogP contribution in [0.15, 0.2) is 16.6 Å². The minimum Gasteiger partial charge on any atom is -0.371 e. The summed E-state index contributed by atoms with van der Waals surface area (Å²) in [5, 5.41) is 9.41. The second-order valence-corrected chi connectivity index (χ2v) is 4.87. The quantitative estimate of drug-likeness (QED) is 0.932. The summed E-state index contributed by atoms with van der Waals surface area (Å²) < 4.78 is 2.88. The van der Waals surface area contributed by atoms with Crippen molar-refractivity contribution in [1.82, 2.24) is 9.78 Å². The summed E-state index contributed by atoms with van der Waals surface area (Å²) >= 11 is 9.54. The first kappa shape index (κ1) is 11.7. The first-order valence-corrected chi connectivity index (χ1v) is 6.37. The van der Waals surface area contributed by atoms with E-state index in [9.17, 15) is 0 Å². The highest BCUT2D eigenvalue weighted by Crippen LogP contribution is 2.32. The highest BCUT2D eigenvalue weighted by atomic mass is 79.9. The zero-order valence-corrected chi connectivity index (χ0v) is 11.6. The van der Waals surface area contributed by atoms with E-state index in [0.29, 0.717) is 5.02 Å². The van der Waals surface area contributed by atoms with Crippen molar-refractivity contribution < 1.29 is 0 Å². The Bertz CT molecular complexity index is 521. The van der Waals surface area contributed by atoms with Gasteiger partial charge in [0.25, 0.3) is 0 Å². The maximum absolute atomic E-state index is 6.10. The Morgan fingerprint density at radius 2 is 2.25 bits per heavy atom. The number of hydrogen-bond donors (Lipinski definition) is 1. The number of aromatic nitrogens is 2. The number of nitrogens with one attached hydrogen (secondary N) is 1. The first-order valence-electron chi connectivity index (χ1n) is 5.20. The second-order valence-electron chi connectivity index (χ2n) is 3.61. The molecular formula is C11H13BrClN3. The molecule has 5 heteroatoms. The van der Waals surface area contributed by atoms with Gasteiger partial charge in [0.2, 0.25) is 0 Å². The Labute approximate surface area is 108 Å². The lowest BCUT2D eigenvalue weighted by molar-refractivity contribution is 0.624. The van der Waals surface area contributed by atoms with Gasteiger partial charge in [0.05, 0.1) is 10.5 Å². The monoisotopic (exact) mass is 301 g/mol. The molecule has 2 aromatic rings. The van der Waals surface area contributed by atoms with Gasteiger partial charge in [-0.2, -0.15) is 5.10 Å². The molecule has 16 heavy (non-hydrogen) atoms. The molecule has 0 saturated carbocycles. The molecule has 0 radical (unpaired) electrons. The predicted octanol–water partition coefficient (Wildman–Crippen LogP) is 3.90. The molecule has 0 aliphatic heterocycles. The van der Waals surface area contributed by atoms with E-state index in [2.05, 4.69) is 33.3 Å². The average molecular weight is 303 g/mol. The topological polar surface area (TPSA) is 29.9 Å². The molecule has 0 atom stereocenters. The van der Waals surface area contributed by atoms with Crippen LogP contribution < -0.4 is 5.32 Å². The fourth-order valence-electron chi connectivity index (χ4n) is 1.73. The van der Waals surface area contributed by atoms with Gasteiger partial charge in [-0.05, 0) is 34.5 Å². The second kappa shape index (κ2) is 4.63. The number of halogens is 2. The van der Waals surface area contributed by atoms with Crippen LogP contribution in [0.5, 0.6) is 0 Å². The summed E-state index contributed by atoms with van der Waals surface area (Å²) in [5.74, 6) is 0.890. The Morgan fingerprint density at radius 1 is 1.50 bits per heavy atom. The molecule has 86 valence electrons. The lowest BCUT2D eigenvalue weighted by Gasteiger charge is -2.01. The Balaban J connectivity index is 2.69. The molecule has 3 nitrogen and oxygen atoms in total. The van der Waals surface area contributed by atoms with E-state index in [1.807, 2.05) is 23.9 Å². The molecular weight excluding hydrogens is 289 g/mol. The van der Waals surface area contributed by atoms with Crippen LogP contribution in [-0.4, -0.2) is 16.8 Å². The SMILES string of the molecule is CCCn1nc(NC)c2cc(Br)c(Cl)cc21. The molecule has 1 heterocycles. The number of fused-ring (bicyclic) bond motifs is 1. The molecule has 1 aromatic carbocycles. The summed E-state index contributed by atoms with van der Waals surface area (Å²) in [4.78, 5) is 0. The molecule has 0 spiro atoms. The van der Waals surface area contributed by atoms with E-state index >= 15 is 0 Å². The van der Waals surface area contributed by atoms with Gasteiger partial charge in [-0.1, -0.05) is 18.5 Å². The van der Waals surface area contributed by atoms with E-state index in [0.717, 1.165) is 34.2 Å². The third-order valence-electron chi connectivity index (χ3n) is 2.46. The van der Waals surface area contributed by atoms with Gasteiger partial charge in [0.1, 0.15) is 0 Å². The molecule has 0 unspecified atom stereocenters. The lowest BCUT2D eigenvalue weighted by atomic mass is 10.2. The van der Waals surface area contributed by atoms with Crippen LogP contribution in [0.2, 0.25) is 5.02 Å². The van der Waals surface area contributed by atoms with Gasteiger partial charge in [-0.15, -0.1) is 0 Å². The number of aryl methyl sites for hydroxylation is 1. The fraction of sp³-hybridized carbons (Fsp3) is 0.364. The van der Waals surface area contributed by atoms with Crippen LogP contribution >= 0.6 is 27.5 Å². The number of benzene rings is 1. The maximum Gasteiger partial charge on any atom is 0.155 e. The summed E-state index contributed by atoms with van der Waals surface area (Å²) in [7, 11) is 1.88. The van der Waals surface area contributed by atoms with Gasteiger partial charge in [0.15, 0.2) is 5.82 Å². The van der Waals surface area contributed by atoms with E-state index in [4.69, 9.17) is 11.6 Å². The van der Waals surface area contributed by atoms with E-state index in [1.165, 1.54) is 0 Å². The van der Waals surface area contributed by atoms with Gasteiger partial charge >= 0.3 is 0 Å². The number of hydrogen-bond acceptors (Lipinski definition) is 2. The van der Waals surface area contributed by atoms with Crippen molar-refractivity contribution in [3.05, 3.63) is 21.6 Å². The highest BCUT2D eigenvalue weighted by Gasteiger charge is 2.11. The molecule has 2 rings (SSSR count). The van der Waals surface area contributed by atoms with Crippen LogP contribution in [0.3, 0.4) is 0 Å². The molecule has 0 saturated heterocycles. The third-order valence-corrected chi connectivity index (χ3v) is 3.66. The van der Waals surface area contributed by atoms with Gasteiger partial charge in [-0.25, -0.2) is 0 Å². The summed E-state index contributed by atoms with van der Waals surface area (Å²) in [5.41, 5.74) is 1.07. The molecule has 1 N–H and O–H groups in total. The lowest BCUT2D eigenvalue weighted by Crippen LogP contribution is -1.99. The standard InChI is InChI=1S/C11H13BrClN3/c1-3-4-16-10-6-9(13)8(12)5-7(10)11(14-2)15-16/h5-6H,3-4H2,1-2H3,(H,14,15). The van der Waals surface area contributed by atoms with E-state index in [-0.39, 0.29) is 0 Å². The van der Waals surface area contributed by atoms with Gasteiger partial charge in [-0.3, -0.25) is 4.68 Å². The Kier molecular flexibility index (Phi) is 3.40. The van der Waals surface area contributed by atoms with Crippen molar-refractivity contribution in [2.24, 2.45) is 0 Å². The molecule has 0 aliphatic carbocycles. The first-order chi connectivity index (χ1) is 7.67. The van der Waals surface area contributed by atoms with Crippen molar-refractivity contribution in [1.29, 1.82) is 0 Å². The van der Waals surface area contributed by atoms with Crippen molar-refractivity contribution in [3.8, 4) is 0 Å². The third kappa shape index (κ3) is 1.92. The highest BCUT2D eigenvalue weighted by molar-refractivity contribution is 9.10. The van der Waals surface area contributed by atoms with Crippen molar-refractivity contribution in [2.75, 3.05) is 12.4 Å². The number of rotatable bonds is 3. The largest absolute Gasteiger partial charge is 0.371 e. The van der Waals surface area contributed by atoms with Crippen molar-refractivity contribution in [2.45, 2.75) is 19.9 Å². The summed E-state index contributed by atoms with van der Waals surface area (Å²) in [6.45, 7) is 3.03. The van der Waals surface area contributed by atoms with E-state index < -0.39 is 0 Å². The minimum absolute atomic E-state index is 0.715. The number of anilines is 1. The molecule has 0 fully saturated rings. The smallest absolute Gasteiger partial charge is 0.155 e. The Morgan fingerprint density at radius 3 is 2.88 bits per heavy atom. The summed E-state index contributed by atoms with van der Waals surface area (Å²) in [6.07, 6.45) is 1.05. The fourth-order valence-corrected chi connectivity index (χ4v) is 2.24. The van der Waals surface area contributed by atoms with E-state index in [1.54, 1.807) is 0 Å². The van der Waals surface area contributed by atoms with Crippen LogP contribution in [0.1, 0.15) is 13.3 Å². The molecule has 1 aromatic heterocycles. The normalized spacial score (nSPS) is 11.0. The zero-order chi connectivity index (χ0) is 11.7. The van der Waals surface area contributed by atoms with Crippen molar-refractivity contribution >= 4 is 44.3 Å². The zero-order valence-electron chi connectivity index (χ0n) is 9.22. The van der Waals surface area contributed by atoms with Crippen LogP contribution in [0.25, 0.3) is 10.9 Å². The van der Waals surface area contributed by atoms with Gasteiger partial charge in [0, 0.05) is 23.5 Å². The van der Waals surface area contributed by atoms with Crippen LogP contribution in [0.4, 0.5) is 5.82 Å².